The fourth-order valence-corrected chi connectivity index (χ4v) is 1.47. The molecule has 1 aliphatic heterocycles. The second kappa shape index (κ2) is 5.16. The second-order valence-corrected chi connectivity index (χ2v) is 3.76. The van der Waals surface area contributed by atoms with Crippen molar-refractivity contribution in [2.24, 2.45) is 0 Å². The molecule has 0 radical (unpaired) electrons. The lowest BCUT2D eigenvalue weighted by Gasteiger charge is -2.37. The van der Waals surface area contributed by atoms with Crippen LogP contribution in [0.15, 0.2) is 0 Å². The third kappa shape index (κ3) is 3.08. The number of ether oxygens (including phenoxy) is 1. The van der Waals surface area contributed by atoms with Crippen molar-refractivity contribution in [2.45, 2.75) is 30.7 Å². The Labute approximate surface area is 86.8 Å². The molecular weight excluding hydrogens is 232 g/mol. The molecule has 1 fully saturated rings. The van der Waals surface area contributed by atoms with E-state index in [1.165, 1.54) is 0 Å². The van der Waals surface area contributed by atoms with Gasteiger partial charge in [-0.15, -0.1) is 0 Å². The van der Waals surface area contributed by atoms with E-state index in [1.807, 2.05) is 0 Å². The summed E-state index contributed by atoms with van der Waals surface area (Å²) in [5.74, 6) is 0. The van der Waals surface area contributed by atoms with Gasteiger partial charge in [0.2, 0.25) is 0 Å². The van der Waals surface area contributed by atoms with Crippen molar-refractivity contribution in [1.29, 1.82) is 0 Å². The largest absolute Gasteiger partial charge is 0.387 e. The topological polar surface area (TPSA) is 134 Å². The van der Waals surface area contributed by atoms with Crippen LogP contribution < -0.4 is 0 Å². The fourth-order valence-electron chi connectivity index (χ4n) is 1.20. The van der Waals surface area contributed by atoms with Gasteiger partial charge in [0.05, 0.1) is 6.61 Å². The SMILES string of the molecule is O=[SH](=O)OCC1OC(O)C(O)[C@H](O)[C@H]1O. The molecule has 0 spiro atoms. The summed E-state index contributed by atoms with van der Waals surface area (Å²) in [6.45, 7) is -0.541. The van der Waals surface area contributed by atoms with Crippen molar-refractivity contribution < 1.29 is 37.8 Å². The fraction of sp³-hybridized carbons (Fsp3) is 1.00. The average molecular weight is 244 g/mol. The highest BCUT2D eigenvalue weighted by molar-refractivity contribution is 7.67. The lowest BCUT2D eigenvalue weighted by molar-refractivity contribution is -0.285. The molecule has 0 amide bonds. The van der Waals surface area contributed by atoms with E-state index >= 15 is 0 Å². The zero-order valence-corrected chi connectivity index (χ0v) is 8.36. The molecule has 9 heteroatoms. The molecule has 90 valence electrons. The van der Waals surface area contributed by atoms with Gasteiger partial charge in [-0.2, -0.15) is 0 Å². The summed E-state index contributed by atoms with van der Waals surface area (Å²) in [6, 6.07) is 0. The number of thiol groups is 1. The molecule has 0 aliphatic carbocycles. The predicted molar refractivity (Wildman–Crippen MR) is 45.2 cm³/mol. The van der Waals surface area contributed by atoms with Gasteiger partial charge >= 0.3 is 0 Å². The summed E-state index contributed by atoms with van der Waals surface area (Å²) in [6.07, 6.45) is -7.70. The standard InChI is InChI=1S/C6H12O8S/c7-3-2(1-13-15(11)12)14-6(10)5(9)4(3)8/h2-10,15H,1H2/t2?,3-,4+,5?,6?/m0/s1. The summed E-state index contributed by atoms with van der Waals surface area (Å²) in [4.78, 5) is 0. The van der Waals surface area contributed by atoms with E-state index in [1.54, 1.807) is 0 Å². The summed E-state index contributed by atoms with van der Waals surface area (Å²) in [5.41, 5.74) is 0. The minimum atomic E-state index is -3.10. The van der Waals surface area contributed by atoms with Crippen molar-refractivity contribution in [3.8, 4) is 0 Å². The Morgan fingerprint density at radius 2 is 1.67 bits per heavy atom. The van der Waals surface area contributed by atoms with E-state index in [-0.39, 0.29) is 0 Å². The Morgan fingerprint density at radius 1 is 1.07 bits per heavy atom. The molecule has 0 saturated carbocycles. The Kier molecular flexibility index (Phi) is 4.40. The summed E-state index contributed by atoms with van der Waals surface area (Å²) in [7, 11) is -3.10. The van der Waals surface area contributed by atoms with Crippen LogP contribution in [0.4, 0.5) is 0 Å². The molecule has 1 rings (SSSR count). The van der Waals surface area contributed by atoms with Crippen LogP contribution in [0.3, 0.4) is 0 Å². The molecule has 0 aromatic carbocycles. The van der Waals surface area contributed by atoms with E-state index in [9.17, 15) is 18.6 Å². The molecule has 5 atom stereocenters. The van der Waals surface area contributed by atoms with Gasteiger partial charge < -0.3 is 25.2 Å². The van der Waals surface area contributed by atoms with Crippen LogP contribution in [0.25, 0.3) is 0 Å². The molecule has 1 heterocycles. The Balaban J connectivity index is 2.58. The van der Waals surface area contributed by atoms with Gasteiger partial charge in [-0.25, -0.2) is 8.42 Å². The van der Waals surface area contributed by atoms with Crippen LogP contribution in [0.2, 0.25) is 0 Å². The lowest BCUT2D eigenvalue weighted by Crippen LogP contribution is -2.58. The second-order valence-electron chi connectivity index (χ2n) is 3.06. The van der Waals surface area contributed by atoms with Gasteiger partial charge in [0.15, 0.2) is 6.29 Å². The number of aliphatic hydroxyl groups is 4. The average Bonchev–Trinajstić information content (AvgIpc) is 2.18. The molecule has 0 bridgehead atoms. The van der Waals surface area contributed by atoms with Crippen molar-refractivity contribution >= 4 is 11.0 Å². The maximum atomic E-state index is 10.1. The third-order valence-corrected chi connectivity index (χ3v) is 2.39. The van der Waals surface area contributed by atoms with Crippen molar-refractivity contribution in [3.63, 3.8) is 0 Å². The molecule has 1 saturated heterocycles. The van der Waals surface area contributed by atoms with E-state index in [0.717, 1.165) is 0 Å². The normalized spacial score (nSPS) is 42.1. The smallest absolute Gasteiger partial charge is 0.257 e. The summed E-state index contributed by atoms with van der Waals surface area (Å²) in [5, 5.41) is 36.6. The summed E-state index contributed by atoms with van der Waals surface area (Å²) >= 11 is 0. The molecule has 3 unspecified atom stereocenters. The zero-order chi connectivity index (χ0) is 11.6. The Bertz CT molecular complexity index is 270. The van der Waals surface area contributed by atoms with Crippen molar-refractivity contribution in [3.05, 3.63) is 0 Å². The van der Waals surface area contributed by atoms with E-state index in [0.29, 0.717) is 0 Å². The monoisotopic (exact) mass is 244 g/mol. The Hall–Kier alpha value is -0.290. The highest BCUT2D eigenvalue weighted by Crippen LogP contribution is 2.19. The molecule has 0 aromatic heterocycles. The molecule has 0 aromatic rings. The molecule has 4 N–H and O–H groups in total. The van der Waals surface area contributed by atoms with Crippen LogP contribution in [-0.4, -0.2) is 66.2 Å². The quantitative estimate of drug-likeness (QED) is 0.321. The van der Waals surface area contributed by atoms with Crippen LogP contribution >= 0.6 is 0 Å². The van der Waals surface area contributed by atoms with Gasteiger partial charge in [-0.1, -0.05) is 0 Å². The van der Waals surface area contributed by atoms with E-state index < -0.39 is 48.3 Å². The number of aliphatic hydroxyl groups excluding tert-OH is 4. The first-order valence-electron chi connectivity index (χ1n) is 4.08. The maximum Gasteiger partial charge on any atom is 0.257 e. The van der Waals surface area contributed by atoms with Gasteiger partial charge in [0, 0.05) is 0 Å². The lowest BCUT2D eigenvalue weighted by atomic mass is 10.00. The molecule has 15 heavy (non-hydrogen) atoms. The van der Waals surface area contributed by atoms with Gasteiger partial charge in [0.1, 0.15) is 24.4 Å². The van der Waals surface area contributed by atoms with Crippen LogP contribution in [0, 0.1) is 0 Å². The first-order valence-corrected chi connectivity index (χ1v) is 5.18. The van der Waals surface area contributed by atoms with E-state index in [2.05, 4.69) is 8.92 Å². The highest BCUT2D eigenvalue weighted by atomic mass is 32.2. The number of hydrogen-bond donors (Lipinski definition) is 5. The van der Waals surface area contributed by atoms with Gasteiger partial charge in [-0.3, -0.25) is 4.18 Å². The zero-order valence-electron chi connectivity index (χ0n) is 7.46. The van der Waals surface area contributed by atoms with Crippen LogP contribution in [-0.2, 0) is 19.9 Å². The van der Waals surface area contributed by atoms with Crippen LogP contribution in [0.1, 0.15) is 0 Å². The van der Waals surface area contributed by atoms with Crippen molar-refractivity contribution in [2.75, 3.05) is 6.61 Å². The highest BCUT2D eigenvalue weighted by Gasteiger charge is 2.43. The number of rotatable bonds is 3. The van der Waals surface area contributed by atoms with Crippen molar-refractivity contribution in [1.82, 2.24) is 0 Å². The van der Waals surface area contributed by atoms with Gasteiger partial charge in [0.25, 0.3) is 11.0 Å². The Morgan fingerprint density at radius 3 is 2.20 bits per heavy atom. The molecule has 8 nitrogen and oxygen atoms in total. The molecular formula is C6H12O8S. The maximum absolute atomic E-state index is 10.1. The number of hydrogen-bond acceptors (Lipinski definition) is 8. The minimum absolute atomic E-state index is 0.541. The third-order valence-electron chi connectivity index (χ3n) is 2.03. The summed E-state index contributed by atoms with van der Waals surface area (Å²) < 4.78 is 28.9. The van der Waals surface area contributed by atoms with E-state index in [4.69, 9.17) is 10.2 Å². The predicted octanol–water partition coefficient (Wildman–Crippen LogP) is -3.67. The van der Waals surface area contributed by atoms with Crippen LogP contribution in [0.5, 0.6) is 0 Å². The van der Waals surface area contributed by atoms with Gasteiger partial charge in [-0.05, 0) is 0 Å². The minimum Gasteiger partial charge on any atom is -0.387 e. The first-order chi connectivity index (χ1) is 6.93. The first kappa shape index (κ1) is 12.8. The molecule has 1 aliphatic rings.